The van der Waals surface area contributed by atoms with Crippen molar-refractivity contribution in [3.63, 3.8) is 0 Å². The first kappa shape index (κ1) is 20.7. The minimum atomic E-state index is 0.00624. The van der Waals surface area contributed by atoms with Crippen LogP contribution in [-0.2, 0) is 0 Å². The molecule has 2 aromatic heterocycles. The van der Waals surface area contributed by atoms with Crippen molar-refractivity contribution in [3.8, 4) is 5.69 Å². The molecule has 3 heterocycles. The highest BCUT2D eigenvalue weighted by Crippen LogP contribution is 2.38. The molecule has 1 aliphatic heterocycles. The van der Waals surface area contributed by atoms with E-state index in [1.54, 1.807) is 0 Å². The van der Waals surface area contributed by atoms with Gasteiger partial charge in [-0.25, -0.2) is 10.4 Å². The predicted molar refractivity (Wildman–Crippen MR) is 121 cm³/mol. The Morgan fingerprint density at radius 3 is 2.74 bits per heavy atom. The number of nitrogens with two attached hydrogens (primary N) is 1. The molecular formula is C22H28N9+. The molecule has 0 radical (unpaired) electrons. The minimum Gasteiger partial charge on any atom is -0.321 e. The summed E-state index contributed by atoms with van der Waals surface area (Å²) in [5.41, 5.74) is 5.91. The molecule has 1 aromatic carbocycles. The largest absolute Gasteiger partial charge is 0.321 e. The van der Waals surface area contributed by atoms with Gasteiger partial charge in [0.2, 0.25) is 5.95 Å². The Morgan fingerprint density at radius 1 is 1.29 bits per heavy atom. The van der Waals surface area contributed by atoms with Crippen molar-refractivity contribution in [2.45, 2.75) is 26.3 Å². The molecule has 1 aliphatic rings. The Labute approximate surface area is 182 Å². The van der Waals surface area contributed by atoms with E-state index in [-0.39, 0.29) is 6.04 Å². The summed E-state index contributed by atoms with van der Waals surface area (Å²) in [6, 6.07) is 10.0. The molecule has 0 spiro atoms. The molecule has 160 valence electrons. The van der Waals surface area contributed by atoms with Crippen molar-refractivity contribution in [1.82, 2.24) is 30.2 Å². The van der Waals surface area contributed by atoms with Crippen molar-refractivity contribution in [2.24, 2.45) is 0 Å². The number of benzene rings is 1. The van der Waals surface area contributed by atoms with E-state index in [9.17, 15) is 0 Å². The van der Waals surface area contributed by atoms with Crippen LogP contribution in [0.4, 0.5) is 11.8 Å². The van der Waals surface area contributed by atoms with Gasteiger partial charge in [-0.3, -0.25) is 14.5 Å². The van der Waals surface area contributed by atoms with Crippen LogP contribution >= 0.6 is 0 Å². The topological polar surface area (TPSA) is 91.6 Å². The maximum absolute atomic E-state index is 4.96. The fourth-order valence-electron chi connectivity index (χ4n) is 3.81. The summed E-state index contributed by atoms with van der Waals surface area (Å²) in [4.78, 5) is 11.5. The van der Waals surface area contributed by atoms with Crippen molar-refractivity contribution >= 4 is 17.5 Å². The maximum Gasteiger partial charge on any atom is 0.236 e. The number of nitrogens with zero attached hydrogens (tertiary/aromatic N) is 7. The summed E-state index contributed by atoms with van der Waals surface area (Å²) < 4.78 is 2.03. The zero-order valence-corrected chi connectivity index (χ0v) is 18.3. The predicted octanol–water partition coefficient (Wildman–Crippen LogP) is 1.91. The number of anilines is 2. The number of nitrogens with one attached hydrogen (secondary N) is 1. The van der Waals surface area contributed by atoms with Crippen LogP contribution in [0, 0.1) is 6.92 Å². The van der Waals surface area contributed by atoms with E-state index >= 15 is 0 Å². The van der Waals surface area contributed by atoms with E-state index < -0.39 is 0 Å². The molecule has 3 N–H and O–H groups in total. The van der Waals surface area contributed by atoms with Crippen LogP contribution in [0.25, 0.3) is 11.4 Å². The smallest absolute Gasteiger partial charge is 0.236 e. The molecule has 4 rings (SSSR count). The highest BCUT2D eigenvalue weighted by molar-refractivity contribution is 5.78. The molecule has 0 saturated heterocycles. The second-order valence-corrected chi connectivity index (χ2v) is 7.19. The van der Waals surface area contributed by atoms with E-state index in [0.717, 1.165) is 40.8 Å². The summed E-state index contributed by atoms with van der Waals surface area (Å²) in [5, 5.41) is 12.7. The van der Waals surface area contributed by atoms with Gasteiger partial charge in [-0.2, -0.15) is 4.98 Å². The lowest BCUT2D eigenvalue weighted by Gasteiger charge is -2.36. The van der Waals surface area contributed by atoms with Crippen LogP contribution in [-0.4, -0.2) is 38.8 Å². The molecule has 3 aromatic rings. The Hall–Kier alpha value is -3.56. The lowest BCUT2D eigenvalue weighted by atomic mass is 10.1. The van der Waals surface area contributed by atoms with Gasteiger partial charge in [-0.05, 0) is 18.9 Å². The van der Waals surface area contributed by atoms with Crippen LogP contribution in [0.1, 0.15) is 36.6 Å². The maximum atomic E-state index is 4.96. The summed E-state index contributed by atoms with van der Waals surface area (Å²) >= 11 is 0. The molecule has 0 aliphatic carbocycles. The fraction of sp³-hybridized carbons (Fsp3) is 0.273. The average Bonchev–Trinajstić information content (AvgIpc) is 3.20. The molecule has 9 nitrogen and oxygen atoms in total. The number of rotatable bonds is 7. The van der Waals surface area contributed by atoms with Gasteiger partial charge in [0.15, 0.2) is 11.6 Å². The third-order valence-corrected chi connectivity index (χ3v) is 5.33. The highest BCUT2D eigenvalue weighted by Gasteiger charge is 2.35. The second-order valence-electron chi connectivity index (χ2n) is 7.19. The Balaban J connectivity index is 1.84. The molecule has 0 saturated carbocycles. The Kier molecular flexibility index (Phi) is 5.79. The van der Waals surface area contributed by atoms with Crippen LogP contribution < -0.4 is 20.7 Å². The van der Waals surface area contributed by atoms with Gasteiger partial charge in [-0.1, -0.05) is 43.8 Å². The minimum absolute atomic E-state index is 0.00624. The molecule has 9 heteroatoms. The quantitative estimate of drug-likeness (QED) is 0.606. The van der Waals surface area contributed by atoms with Gasteiger partial charge in [-0.15, -0.1) is 10.2 Å². The fourth-order valence-corrected chi connectivity index (χ4v) is 3.81. The second kappa shape index (κ2) is 8.66. The molecule has 0 amide bonds. The molecule has 1 unspecified atom stereocenters. The van der Waals surface area contributed by atoms with Crippen molar-refractivity contribution in [1.29, 1.82) is 0 Å². The summed E-state index contributed by atoms with van der Waals surface area (Å²) in [6.07, 6.45) is 6.55. The van der Waals surface area contributed by atoms with Crippen molar-refractivity contribution < 1.29 is 5.32 Å². The molecular weight excluding hydrogens is 390 g/mol. The van der Waals surface area contributed by atoms with Gasteiger partial charge in [0.1, 0.15) is 23.8 Å². The lowest BCUT2D eigenvalue weighted by Crippen LogP contribution is -2.72. The molecule has 31 heavy (non-hydrogen) atoms. The van der Waals surface area contributed by atoms with Gasteiger partial charge >= 0.3 is 0 Å². The van der Waals surface area contributed by atoms with Crippen LogP contribution in [0.3, 0.4) is 0 Å². The van der Waals surface area contributed by atoms with E-state index in [1.165, 1.54) is 0 Å². The average molecular weight is 419 g/mol. The number of hydrogen-bond acceptors (Lipinski definition) is 7. The monoisotopic (exact) mass is 418 g/mol. The normalized spacial score (nSPS) is 15.1. The molecule has 1 atom stereocenters. The summed E-state index contributed by atoms with van der Waals surface area (Å²) in [6.45, 7) is 8.37. The summed E-state index contributed by atoms with van der Waals surface area (Å²) in [7, 11) is 3.86. The standard InChI is InChI=1S/C22H27N9/c1-6-18-21-28-27-16(3)30(21)19-14-25-22(26-20(19)31(18)24-5)29(13-12-23-4)15(2)17-10-8-7-9-11-17/h7-14,18,23-24H,2,6H2,1,3-5H3/p+1/b13-12-. The van der Waals surface area contributed by atoms with E-state index in [4.69, 9.17) is 4.98 Å². The first-order chi connectivity index (χ1) is 15.1. The number of aryl methyl sites for hydroxylation is 1. The van der Waals surface area contributed by atoms with Gasteiger partial charge in [0.05, 0.1) is 19.4 Å². The number of hydrogen-bond donors (Lipinski definition) is 2. The van der Waals surface area contributed by atoms with Crippen LogP contribution in [0.2, 0.25) is 0 Å². The van der Waals surface area contributed by atoms with Crippen LogP contribution in [0.15, 0.2) is 55.5 Å². The number of hydrazine groups is 1. The Morgan fingerprint density at radius 2 is 2.06 bits per heavy atom. The Bertz CT molecular complexity index is 1100. The zero-order chi connectivity index (χ0) is 22.0. The lowest BCUT2D eigenvalue weighted by molar-refractivity contribution is -0.556. The first-order valence-electron chi connectivity index (χ1n) is 10.4. The van der Waals surface area contributed by atoms with Crippen LogP contribution in [0.5, 0.6) is 0 Å². The SMILES string of the molecule is C=C(c1ccccc1)N(/C=C\[NH2+]C)c1ncc2c(n1)N(NC)C(CC)c1nnc(C)n1-2. The van der Waals surface area contributed by atoms with Crippen molar-refractivity contribution in [2.75, 3.05) is 24.0 Å². The summed E-state index contributed by atoms with van der Waals surface area (Å²) in [5.74, 6) is 3.00. The van der Waals surface area contributed by atoms with E-state index in [2.05, 4.69) is 34.1 Å². The van der Waals surface area contributed by atoms with E-state index in [0.29, 0.717) is 5.95 Å². The molecule has 0 fully saturated rings. The first-order valence-corrected chi connectivity index (χ1v) is 10.4. The van der Waals surface area contributed by atoms with Gasteiger partial charge in [0, 0.05) is 12.7 Å². The third kappa shape index (κ3) is 3.58. The van der Waals surface area contributed by atoms with Gasteiger partial charge in [0.25, 0.3) is 0 Å². The highest BCUT2D eigenvalue weighted by atomic mass is 15.6. The van der Waals surface area contributed by atoms with Crippen molar-refractivity contribution in [3.05, 3.63) is 72.7 Å². The number of aromatic nitrogens is 5. The van der Waals surface area contributed by atoms with Gasteiger partial charge < -0.3 is 5.32 Å². The zero-order valence-electron chi connectivity index (χ0n) is 18.3. The number of fused-ring (bicyclic) bond motifs is 3. The molecule has 0 bridgehead atoms. The van der Waals surface area contributed by atoms with E-state index in [1.807, 2.05) is 89.7 Å². The number of quaternary nitrogens is 1. The third-order valence-electron chi connectivity index (χ3n) is 5.33.